The average molecular weight is 497 g/mol. The van der Waals surface area contributed by atoms with Gasteiger partial charge in [-0.3, -0.25) is 14.5 Å². The Labute approximate surface area is 211 Å². The van der Waals surface area contributed by atoms with Crippen LogP contribution in [0.1, 0.15) is 53.8 Å². The molecule has 0 atom stereocenters. The first-order valence-electron chi connectivity index (χ1n) is 12.5. The van der Waals surface area contributed by atoms with Gasteiger partial charge in [-0.15, -0.1) is 11.3 Å². The van der Waals surface area contributed by atoms with Crippen molar-refractivity contribution in [2.75, 3.05) is 45.8 Å². The summed E-state index contributed by atoms with van der Waals surface area (Å²) < 4.78 is 1.89. The van der Waals surface area contributed by atoms with Crippen LogP contribution in [0.25, 0.3) is 22.3 Å². The molecule has 0 radical (unpaired) electrons. The molecule has 3 aromatic heterocycles. The molecular weight excluding hydrogens is 460 g/mol. The minimum Gasteiger partial charge on any atom is -0.342 e. The number of hydrogen-bond acceptors (Lipinski definition) is 6. The van der Waals surface area contributed by atoms with E-state index in [0.29, 0.717) is 38.3 Å². The van der Waals surface area contributed by atoms with E-state index in [1.807, 2.05) is 34.4 Å². The molecule has 1 fully saturated rings. The van der Waals surface area contributed by atoms with Crippen LogP contribution in [0, 0.1) is 13.8 Å². The van der Waals surface area contributed by atoms with Gasteiger partial charge in [0.25, 0.3) is 5.91 Å². The second kappa shape index (κ2) is 10.5. The van der Waals surface area contributed by atoms with Crippen LogP contribution in [-0.4, -0.2) is 87.1 Å². The summed E-state index contributed by atoms with van der Waals surface area (Å²) in [5.74, 6) is 0.152. The van der Waals surface area contributed by atoms with Crippen LogP contribution in [0.3, 0.4) is 0 Å². The lowest BCUT2D eigenvalue weighted by Crippen LogP contribution is -2.51. The minimum atomic E-state index is 0.00119. The lowest BCUT2D eigenvalue weighted by atomic mass is 10.1. The smallest absolute Gasteiger partial charge is 0.254 e. The first-order valence-corrected chi connectivity index (χ1v) is 13.3. The van der Waals surface area contributed by atoms with Crippen molar-refractivity contribution in [3.05, 3.63) is 33.6 Å². The monoisotopic (exact) mass is 496 g/mol. The Morgan fingerprint density at radius 1 is 1.09 bits per heavy atom. The van der Waals surface area contributed by atoms with Gasteiger partial charge >= 0.3 is 0 Å². The number of piperazine rings is 1. The van der Waals surface area contributed by atoms with E-state index >= 15 is 0 Å². The molecule has 0 aliphatic carbocycles. The molecule has 0 saturated carbocycles. The van der Waals surface area contributed by atoms with Crippen molar-refractivity contribution in [3.8, 4) is 11.3 Å². The summed E-state index contributed by atoms with van der Waals surface area (Å²) in [6.45, 7) is 16.8. The molecule has 0 aromatic carbocycles. The number of rotatable bonds is 7. The number of thiophene rings is 1. The highest BCUT2D eigenvalue weighted by Crippen LogP contribution is 2.33. The maximum absolute atomic E-state index is 13.8. The average Bonchev–Trinajstić information content (AvgIpc) is 3.41. The van der Waals surface area contributed by atoms with E-state index in [1.54, 1.807) is 17.5 Å². The van der Waals surface area contributed by atoms with E-state index in [1.165, 1.54) is 9.75 Å². The maximum atomic E-state index is 13.8. The van der Waals surface area contributed by atoms with Crippen molar-refractivity contribution < 1.29 is 9.59 Å². The minimum absolute atomic E-state index is 0.00119. The lowest BCUT2D eigenvalue weighted by molar-refractivity contribution is -0.132. The van der Waals surface area contributed by atoms with Crippen LogP contribution >= 0.6 is 11.3 Å². The van der Waals surface area contributed by atoms with Crippen molar-refractivity contribution in [1.82, 2.24) is 29.5 Å². The molecule has 0 bridgehead atoms. The van der Waals surface area contributed by atoms with Gasteiger partial charge in [0.1, 0.15) is 0 Å². The molecule has 4 heterocycles. The van der Waals surface area contributed by atoms with Crippen LogP contribution in [-0.2, 0) is 4.79 Å². The molecule has 0 unspecified atom stereocenters. The summed E-state index contributed by atoms with van der Waals surface area (Å²) in [6.07, 6.45) is 1.77. The summed E-state index contributed by atoms with van der Waals surface area (Å²) in [4.78, 5) is 39.5. The Hall–Kier alpha value is -2.78. The molecule has 2 amide bonds. The molecule has 188 valence electrons. The van der Waals surface area contributed by atoms with E-state index < -0.39 is 0 Å². The molecule has 1 aliphatic heterocycles. The number of fused-ring (bicyclic) bond motifs is 1. The first kappa shape index (κ1) is 25.3. The van der Waals surface area contributed by atoms with Gasteiger partial charge in [-0.1, -0.05) is 0 Å². The number of carbonyl (C=O) groups is 2. The van der Waals surface area contributed by atoms with Gasteiger partial charge in [0, 0.05) is 60.6 Å². The highest BCUT2D eigenvalue weighted by molar-refractivity contribution is 7.12. The van der Waals surface area contributed by atoms with Crippen LogP contribution in [0.5, 0.6) is 0 Å². The van der Waals surface area contributed by atoms with Gasteiger partial charge in [0.05, 0.1) is 29.4 Å². The van der Waals surface area contributed by atoms with Crippen molar-refractivity contribution in [1.29, 1.82) is 0 Å². The molecule has 8 nitrogen and oxygen atoms in total. The summed E-state index contributed by atoms with van der Waals surface area (Å²) in [6, 6.07) is 4.21. The molecule has 3 aromatic rings. The molecule has 35 heavy (non-hydrogen) atoms. The molecule has 0 spiro atoms. The second-order valence-corrected chi connectivity index (χ2v) is 10.9. The van der Waals surface area contributed by atoms with Crippen LogP contribution in [0.15, 0.2) is 18.3 Å². The second-order valence-electron chi connectivity index (χ2n) is 9.44. The number of carbonyl (C=O) groups excluding carboxylic acids is 2. The quantitative estimate of drug-likeness (QED) is 0.495. The Morgan fingerprint density at radius 2 is 1.77 bits per heavy atom. The normalized spacial score (nSPS) is 14.8. The summed E-state index contributed by atoms with van der Waals surface area (Å²) >= 11 is 1.74. The number of hydrogen-bond donors (Lipinski definition) is 0. The SMILES string of the molecule is CCN(CC)C(=O)CN1CCN(C(=O)c2cc(-c3cc(C)sc3C)nc3c2cnn3C(C)C)CC1. The lowest BCUT2D eigenvalue weighted by Gasteiger charge is -2.35. The number of pyridine rings is 1. The molecule has 1 saturated heterocycles. The predicted molar refractivity (Wildman–Crippen MR) is 141 cm³/mol. The Bertz CT molecular complexity index is 1220. The highest BCUT2D eigenvalue weighted by atomic mass is 32.1. The third-order valence-corrected chi connectivity index (χ3v) is 7.70. The highest BCUT2D eigenvalue weighted by Gasteiger charge is 2.27. The molecule has 9 heteroatoms. The van der Waals surface area contributed by atoms with E-state index in [9.17, 15) is 9.59 Å². The Kier molecular flexibility index (Phi) is 7.56. The molecule has 1 aliphatic rings. The number of aromatic nitrogens is 3. The third-order valence-electron chi connectivity index (χ3n) is 6.74. The zero-order valence-electron chi connectivity index (χ0n) is 21.7. The van der Waals surface area contributed by atoms with E-state index in [2.05, 4.69) is 43.8 Å². The van der Waals surface area contributed by atoms with Crippen molar-refractivity contribution in [3.63, 3.8) is 0 Å². The van der Waals surface area contributed by atoms with Gasteiger partial charge < -0.3 is 9.80 Å². The molecular formula is C26H36N6O2S. The predicted octanol–water partition coefficient (Wildman–Crippen LogP) is 3.98. The molecule has 4 rings (SSSR count). The van der Waals surface area contributed by atoms with Crippen LogP contribution < -0.4 is 0 Å². The van der Waals surface area contributed by atoms with Crippen LogP contribution in [0.4, 0.5) is 0 Å². The van der Waals surface area contributed by atoms with Gasteiger partial charge in [0.2, 0.25) is 5.91 Å². The van der Waals surface area contributed by atoms with Crippen molar-refractivity contribution >= 4 is 34.2 Å². The standard InChI is InChI=1S/C26H36N6O2S/c1-7-30(8-2)24(33)16-29-9-11-31(12-10-29)26(34)21-14-23(20-13-18(5)35-19(20)6)28-25-22(21)15-27-32(25)17(3)4/h13-15,17H,7-12,16H2,1-6H3. The zero-order valence-corrected chi connectivity index (χ0v) is 22.5. The summed E-state index contributed by atoms with van der Waals surface area (Å²) in [5.41, 5.74) is 3.27. The van der Waals surface area contributed by atoms with E-state index in [-0.39, 0.29) is 17.9 Å². The van der Waals surface area contributed by atoms with E-state index in [4.69, 9.17) is 4.98 Å². The van der Waals surface area contributed by atoms with Crippen molar-refractivity contribution in [2.24, 2.45) is 0 Å². The van der Waals surface area contributed by atoms with Crippen molar-refractivity contribution in [2.45, 2.75) is 47.6 Å². The van der Waals surface area contributed by atoms with Gasteiger partial charge in [-0.05, 0) is 53.7 Å². The number of likely N-dealkylation sites (N-methyl/N-ethyl adjacent to an activating group) is 1. The fourth-order valence-corrected chi connectivity index (χ4v) is 5.68. The Morgan fingerprint density at radius 3 is 2.34 bits per heavy atom. The van der Waals surface area contributed by atoms with Gasteiger partial charge in [0.15, 0.2) is 5.65 Å². The third kappa shape index (κ3) is 5.11. The largest absolute Gasteiger partial charge is 0.342 e. The zero-order chi connectivity index (χ0) is 25.3. The van der Waals surface area contributed by atoms with Crippen LogP contribution in [0.2, 0.25) is 0 Å². The number of amides is 2. The fourth-order valence-electron chi connectivity index (χ4n) is 4.74. The number of aryl methyl sites for hydroxylation is 2. The number of nitrogens with zero attached hydrogens (tertiary/aromatic N) is 6. The molecule has 0 N–H and O–H groups in total. The summed E-state index contributed by atoms with van der Waals surface area (Å²) in [7, 11) is 0. The maximum Gasteiger partial charge on any atom is 0.254 e. The van der Waals surface area contributed by atoms with Gasteiger partial charge in [-0.25, -0.2) is 9.67 Å². The topological polar surface area (TPSA) is 74.6 Å². The van der Waals surface area contributed by atoms with E-state index in [0.717, 1.165) is 35.4 Å². The summed E-state index contributed by atoms with van der Waals surface area (Å²) in [5, 5.41) is 5.35. The van der Waals surface area contributed by atoms with Gasteiger partial charge in [-0.2, -0.15) is 5.10 Å². The fraction of sp³-hybridized carbons (Fsp3) is 0.538. The first-order chi connectivity index (χ1) is 16.7. The Balaban J connectivity index is 1.60.